The summed E-state index contributed by atoms with van der Waals surface area (Å²) < 4.78 is 5.89. The van der Waals surface area contributed by atoms with E-state index in [0.717, 1.165) is 19.4 Å². The molecule has 3 heterocycles. The van der Waals surface area contributed by atoms with E-state index in [1.807, 2.05) is 11.8 Å². The minimum Gasteiger partial charge on any atom is -0.472 e. The molecule has 114 valence electrons. The van der Waals surface area contributed by atoms with Crippen LogP contribution in [0, 0.1) is 6.92 Å². The highest BCUT2D eigenvalue weighted by Crippen LogP contribution is 2.18. The van der Waals surface area contributed by atoms with Gasteiger partial charge in [-0.15, -0.1) is 0 Å². The van der Waals surface area contributed by atoms with Gasteiger partial charge < -0.3 is 9.64 Å². The molecule has 6 nitrogen and oxygen atoms in total. The Hall–Kier alpha value is -2.50. The minimum atomic E-state index is -0.0383. The van der Waals surface area contributed by atoms with Gasteiger partial charge in [0.15, 0.2) is 0 Å². The number of hydrogen-bond donors (Lipinski definition) is 0. The van der Waals surface area contributed by atoms with Crippen LogP contribution in [0.5, 0.6) is 5.88 Å². The van der Waals surface area contributed by atoms with Crippen LogP contribution in [0.3, 0.4) is 0 Å². The number of pyridine rings is 1. The number of ether oxygens (including phenoxy) is 1. The monoisotopic (exact) mass is 298 g/mol. The van der Waals surface area contributed by atoms with Gasteiger partial charge in [-0.3, -0.25) is 9.78 Å². The zero-order chi connectivity index (χ0) is 15.4. The number of piperidine rings is 1. The molecule has 0 aliphatic carbocycles. The van der Waals surface area contributed by atoms with Crippen LogP contribution in [0.1, 0.15) is 29.0 Å². The summed E-state index contributed by atoms with van der Waals surface area (Å²) in [5, 5.41) is 0. The summed E-state index contributed by atoms with van der Waals surface area (Å²) in [6, 6.07) is 5.30. The third-order valence-electron chi connectivity index (χ3n) is 3.61. The van der Waals surface area contributed by atoms with Crippen molar-refractivity contribution in [1.29, 1.82) is 0 Å². The summed E-state index contributed by atoms with van der Waals surface area (Å²) in [5.74, 6) is 1.24. The van der Waals surface area contributed by atoms with Gasteiger partial charge in [-0.2, -0.15) is 4.98 Å². The SMILES string of the molecule is Cc1nccc(O[C@H]2CCCN(C(=O)c3cccnc3)C2)n1. The maximum Gasteiger partial charge on any atom is 0.255 e. The molecular weight excluding hydrogens is 280 g/mol. The highest BCUT2D eigenvalue weighted by molar-refractivity contribution is 5.93. The second kappa shape index (κ2) is 6.51. The maximum absolute atomic E-state index is 12.5. The second-order valence-corrected chi connectivity index (χ2v) is 5.32. The summed E-state index contributed by atoms with van der Waals surface area (Å²) in [7, 11) is 0. The molecule has 0 unspecified atom stereocenters. The lowest BCUT2D eigenvalue weighted by molar-refractivity contribution is 0.0526. The number of hydrogen-bond acceptors (Lipinski definition) is 5. The van der Waals surface area contributed by atoms with E-state index in [9.17, 15) is 4.79 Å². The molecule has 1 atom stereocenters. The van der Waals surface area contributed by atoms with Crippen molar-refractivity contribution in [2.75, 3.05) is 13.1 Å². The first-order valence-corrected chi connectivity index (χ1v) is 7.38. The molecule has 0 bridgehead atoms. The highest BCUT2D eigenvalue weighted by atomic mass is 16.5. The Bertz CT molecular complexity index is 648. The third kappa shape index (κ3) is 3.39. The Labute approximate surface area is 129 Å². The van der Waals surface area contributed by atoms with Crippen molar-refractivity contribution in [1.82, 2.24) is 19.9 Å². The molecule has 1 aliphatic rings. The van der Waals surface area contributed by atoms with E-state index < -0.39 is 0 Å². The quantitative estimate of drug-likeness (QED) is 0.865. The summed E-state index contributed by atoms with van der Waals surface area (Å²) in [6.45, 7) is 3.14. The van der Waals surface area contributed by atoms with Crippen LogP contribution in [0.4, 0.5) is 0 Å². The number of rotatable bonds is 3. The van der Waals surface area contributed by atoms with Gasteiger partial charge in [-0.1, -0.05) is 0 Å². The fraction of sp³-hybridized carbons (Fsp3) is 0.375. The number of aryl methyl sites for hydroxylation is 1. The Morgan fingerprint density at radius 1 is 1.36 bits per heavy atom. The topological polar surface area (TPSA) is 68.2 Å². The average molecular weight is 298 g/mol. The minimum absolute atomic E-state index is 0.000248. The molecule has 1 fully saturated rings. The van der Waals surface area contributed by atoms with Crippen LogP contribution in [0.2, 0.25) is 0 Å². The maximum atomic E-state index is 12.5. The molecule has 0 spiro atoms. The summed E-state index contributed by atoms with van der Waals surface area (Å²) >= 11 is 0. The van der Waals surface area contributed by atoms with Crippen LogP contribution >= 0.6 is 0 Å². The molecule has 2 aromatic heterocycles. The van der Waals surface area contributed by atoms with Crippen LogP contribution < -0.4 is 4.74 Å². The van der Waals surface area contributed by atoms with E-state index in [4.69, 9.17) is 4.74 Å². The van der Waals surface area contributed by atoms with Gasteiger partial charge >= 0.3 is 0 Å². The summed E-state index contributed by atoms with van der Waals surface area (Å²) in [4.78, 5) is 26.6. The molecule has 0 saturated carbocycles. The van der Waals surface area contributed by atoms with E-state index in [1.54, 1.807) is 36.8 Å². The van der Waals surface area contributed by atoms with Crippen molar-refractivity contribution in [2.45, 2.75) is 25.9 Å². The van der Waals surface area contributed by atoms with Crippen LogP contribution in [-0.2, 0) is 0 Å². The van der Waals surface area contributed by atoms with Crippen molar-refractivity contribution in [3.05, 3.63) is 48.2 Å². The smallest absolute Gasteiger partial charge is 0.255 e. The van der Waals surface area contributed by atoms with E-state index >= 15 is 0 Å². The lowest BCUT2D eigenvalue weighted by atomic mass is 10.1. The van der Waals surface area contributed by atoms with Gasteiger partial charge in [0.2, 0.25) is 5.88 Å². The molecule has 0 aromatic carbocycles. The normalized spacial score (nSPS) is 18.0. The second-order valence-electron chi connectivity index (χ2n) is 5.32. The number of carbonyl (C=O) groups excluding carboxylic acids is 1. The van der Waals surface area contributed by atoms with Crippen molar-refractivity contribution in [2.24, 2.45) is 0 Å². The number of nitrogens with zero attached hydrogens (tertiary/aromatic N) is 4. The molecular formula is C16H18N4O2. The largest absolute Gasteiger partial charge is 0.472 e. The Balaban J connectivity index is 1.65. The van der Waals surface area contributed by atoms with Crippen molar-refractivity contribution < 1.29 is 9.53 Å². The molecule has 1 saturated heterocycles. The third-order valence-corrected chi connectivity index (χ3v) is 3.61. The highest BCUT2D eigenvalue weighted by Gasteiger charge is 2.26. The van der Waals surface area contributed by atoms with Gasteiger partial charge in [-0.05, 0) is 31.9 Å². The van der Waals surface area contributed by atoms with Gasteiger partial charge in [-0.25, -0.2) is 4.98 Å². The first-order chi connectivity index (χ1) is 10.7. The zero-order valence-electron chi connectivity index (χ0n) is 12.5. The Morgan fingerprint density at radius 3 is 3.05 bits per heavy atom. The number of carbonyl (C=O) groups is 1. The summed E-state index contributed by atoms with van der Waals surface area (Å²) in [6.07, 6.45) is 6.74. The first-order valence-electron chi connectivity index (χ1n) is 7.38. The number of aromatic nitrogens is 3. The van der Waals surface area contributed by atoms with Crippen molar-refractivity contribution in [3.8, 4) is 5.88 Å². The summed E-state index contributed by atoms with van der Waals surface area (Å²) in [5.41, 5.74) is 0.612. The van der Waals surface area contributed by atoms with Gasteiger partial charge in [0, 0.05) is 31.2 Å². The Kier molecular flexibility index (Phi) is 4.27. The van der Waals surface area contributed by atoms with E-state index in [0.29, 0.717) is 23.8 Å². The molecule has 3 rings (SSSR count). The predicted molar refractivity (Wildman–Crippen MR) is 80.6 cm³/mol. The standard InChI is InChI=1S/C16H18N4O2/c1-12-18-8-6-15(19-12)22-14-5-3-9-20(11-14)16(21)13-4-2-7-17-10-13/h2,4,6-8,10,14H,3,5,9,11H2,1H3/t14-/m0/s1. The fourth-order valence-electron chi connectivity index (χ4n) is 2.56. The van der Waals surface area contributed by atoms with Gasteiger partial charge in [0.1, 0.15) is 11.9 Å². The van der Waals surface area contributed by atoms with Crippen molar-refractivity contribution in [3.63, 3.8) is 0 Å². The molecule has 6 heteroatoms. The average Bonchev–Trinajstić information content (AvgIpc) is 2.55. The van der Waals surface area contributed by atoms with E-state index in [-0.39, 0.29) is 12.0 Å². The molecule has 2 aromatic rings. The molecule has 0 N–H and O–H groups in total. The predicted octanol–water partition coefficient (Wildman–Crippen LogP) is 1.86. The zero-order valence-corrected chi connectivity index (χ0v) is 12.5. The number of likely N-dealkylation sites (tertiary alicyclic amines) is 1. The lowest BCUT2D eigenvalue weighted by Crippen LogP contribution is -2.44. The first kappa shape index (κ1) is 14.4. The molecule has 1 aliphatic heterocycles. The van der Waals surface area contributed by atoms with E-state index in [2.05, 4.69) is 15.0 Å². The van der Waals surface area contributed by atoms with E-state index in [1.165, 1.54) is 0 Å². The van der Waals surface area contributed by atoms with Gasteiger partial charge in [0.05, 0.1) is 12.1 Å². The number of amides is 1. The van der Waals surface area contributed by atoms with Gasteiger partial charge in [0.25, 0.3) is 5.91 Å². The molecule has 1 amide bonds. The fourth-order valence-corrected chi connectivity index (χ4v) is 2.56. The molecule has 22 heavy (non-hydrogen) atoms. The molecule has 0 radical (unpaired) electrons. The van der Waals surface area contributed by atoms with Crippen LogP contribution in [-0.4, -0.2) is 45.0 Å². The van der Waals surface area contributed by atoms with Crippen LogP contribution in [0.15, 0.2) is 36.8 Å². The van der Waals surface area contributed by atoms with Crippen molar-refractivity contribution >= 4 is 5.91 Å². The lowest BCUT2D eigenvalue weighted by Gasteiger charge is -2.32. The van der Waals surface area contributed by atoms with Crippen LogP contribution in [0.25, 0.3) is 0 Å². The Morgan fingerprint density at radius 2 is 2.27 bits per heavy atom.